The molecule has 0 radical (unpaired) electrons. The summed E-state index contributed by atoms with van der Waals surface area (Å²) >= 11 is 0. The summed E-state index contributed by atoms with van der Waals surface area (Å²) in [5.41, 5.74) is 3.63. The summed E-state index contributed by atoms with van der Waals surface area (Å²) in [6.07, 6.45) is 14.1. The molecule has 3 aromatic heterocycles. The summed E-state index contributed by atoms with van der Waals surface area (Å²) < 4.78 is 16.5. The van der Waals surface area contributed by atoms with Crippen LogP contribution in [0.3, 0.4) is 0 Å². The average Bonchev–Trinajstić information content (AvgIpc) is 3.49. The molecule has 57 heavy (non-hydrogen) atoms. The first-order valence-corrected chi connectivity index (χ1v) is 19.8. The number of fused-ring (bicyclic) bond motifs is 3. The van der Waals surface area contributed by atoms with Crippen molar-refractivity contribution >= 4 is 57.5 Å². The summed E-state index contributed by atoms with van der Waals surface area (Å²) in [6, 6.07) is 10.1. The maximum absolute atomic E-state index is 13.4. The molecule has 3 aliphatic heterocycles. The van der Waals surface area contributed by atoms with Crippen molar-refractivity contribution in [3.05, 3.63) is 77.9 Å². The molecular weight excluding hydrogens is 731 g/mol. The number of nitrogens with zero attached hydrogens (tertiary/aromatic N) is 7. The molecule has 2 saturated carbocycles. The van der Waals surface area contributed by atoms with Gasteiger partial charge in [0.2, 0.25) is 11.8 Å². The molecule has 2 atom stereocenters. The first-order valence-electron chi connectivity index (χ1n) is 19.8. The highest BCUT2D eigenvalue weighted by Gasteiger charge is 2.45. The monoisotopic (exact) mass is 771 g/mol. The van der Waals surface area contributed by atoms with Crippen LogP contribution in [0.4, 0.5) is 11.4 Å². The molecule has 2 aliphatic carbocycles. The Balaban J connectivity index is 0.769. The van der Waals surface area contributed by atoms with E-state index in [0.29, 0.717) is 41.7 Å². The van der Waals surface area contributed by atoms with E-state index in [0.717, 1.165) is 73.0 Å². The number of ether oxygens (including phenoxy) is 2. The second kappa shape index (κ2) is 14.1. The van der Waals surface area contributed by atoms with E-state index in [4.69, 9.17) is 14.6 Å². The van der Waals surface area contributed by atoms with E-state index in [1.807, 2.05) is 29.1 Å². The number of rotatable bonds is 10. The standard InChI is InChI=1S/C41H41N9O7/c51-36-11-10-34(39(53)45-36)50-40(54)29-9-6-26(17-30(29)41(50)55)47-15-12-28(21-47)57-27-7-4-25(5-8-27)49-20-24-16-33(35(18-32(24)46-49)56-22-23-2-3-23)44-38(52)31-19-43-48-14-1-13-42-37(31)48/h1,6,9,13-14,16-20,23,25,27-28,34H,2-5,7-8,10-12,15,21-22H2,(H,44,52)(H,45,51,53)/t25-,27+,28-,34?/m0/s1. The maximum atomic E-state index is 13.4. The first-order chi connectivity index (χ1) is 27.8. The molecule has 4 fully saturated rings. The van der Waals surface area contributed by atoms with Crippen LogP contribution in [-0.4, -0.2) is 96.8 Å². The highest BCUT2D eigenvalue weighted by molar-refractivity contribution is 6.23. The van der Waals surface area contributed by atoms with Gasteiger partial charge in [-0.1, -0.05) is 0 Å². The Labute approximate surface area is 326 Å². The fourth-order valence-electron chi connectivity index (χ4n) is 8.59. The molecular formula is C41H41N9O7. The molecule has 2 N–H and O–H groups in total. The maximum Gasteiger partial charge on any atom is 0.262 e. The van der Waals surface area contributed by atoms with E-state index in [1.165, 1.54) is 6.20 Å². The van der Waals surface area contributed by atoms with E-state index < -0.39 is 29.7 Å². The van der Waals surface area contributed by atoms with Crippen LogP contribution in [0.2, 0.25) is 0 Å². The molecule has 5 aromatic rings. The zero-order valence-corrected chi connectivity index (χ0v) is 31.1. The summed E-state index contributed by atoms with van der Waals surface area (Å²) in [6.45, 7) is 2.01. The number of benzene rings is 2. The second-order valence-electron chi connectivity index (χ2n) is 15.8. The Hall–Kier alpha value is -6.16. The van der Waals surface area contributed by atoms with Crippen molar-refractivity contribution < 1.29 is 33.4 Å². The van der Waals surface area contributed by atoms with Crippen LogP contribution in [-0.2, 0) is 14.3 Å². The number of amides is 5. The normalized spacial score (nSPS) is 23.7. The lowest BCUT2D eigenvalue weighted by atomic mass is 9.93. The van der Waals surface area contributed by atoms with Gasteiger partial charge in [-0.15, -0.1) is 0 Å². The predicted octanol–water partition coefficient (Wildman–Crippen LogP) is 4.30. The topological polar surface area (TPSA) is 182 Å². The minimum atomic E-state index is -0.990. The number of anilines is 2. The van der Waals surface area contributed by atoms with Gasteiger partial charge in [0, 0.05) is 55.2 Å². The van der Waals surface area contributed by atoms with Gasteiger partial charge in [0.1, 0.15) is 17.4 Å². The van der Waals surface area contributed by atoms with Crippen LogP contribution in [0.15, 0.2) is 61.2 Å². The van der Waals surface area contributed by atoms with E-state index >= 15 is 0 Å². The molecule has 5 amide bonds. The van der Waals surface area contributed by atoms with Gasteiger partial charge >= 0.3 is 0 Å². The number of aromatic nitrogens is 5. The Morgan fingerprint density at radius 2 is 1.77 bits per heavy atom. The summed E-state index contributed by atoms with van der Waals surface area (Å²) in [5.74, 6) is -1.22. The predicted molar refractivity (Wildman–Crippen MR) is 205 cm³/mol. The summed E-state index contributed by atoms with van der Waals surface area (Å²) in [4.78, 5) is 71.5. The van der Waals surface area contributed by atoms with Crippen LogP contribution in [0.25, 0.3) is 16.6 Å². The first kappa shape index (κ1) is 35.3. The fourth-order valence-corrected chi connectivity index (χ4v) is 8.59. The lowest BCUT2D eigenvalue weighted by Crippen LogP contribution is -2.54. The minimum Gasteiger partial charge on any atom is -0.491 e. The lowest BCUT2D eigenvalue weighted by Gasteiger charge is -2.30. The van der Waals surface area contributed by atoms with Gasteiger partial charge in [0.25, 0.3) is 17.7 Å². The molecule has 16 heteroatoms. The molecule has 6 heterocycles. The smallest absolute Gasteiger partial charge is 0.262 e. The van der Waals surface area contributed by atoms with Gasteiger partial charge in [0.15, 0.2) is 5.65 Å². The van der Waals surface area contributed by atoms with Crippen LogP contribution < -0.4 is 20.3 Å². The van der Waals surface area contributed by atoms with Crippen molar-refractivity contribution in [2.75, 3.05) is 29.9 Å². The van der Waals surface area contributed by atoms with E-state index in [2.05, 4.69) is 25.6 Å². The number of hydrogen-bond acceptors (Lipinski definition) is 11. The third-order valence-electron chi connectivity index (χ3n) is 11.9. The highest BCUT2D eigenvalue weighted by atomic mass is 16.5. The Bertz CT molecular complexity index is 2460. The van der Waals surface area contributed by atoms with Gasteiger partial charge in [-0.25, -0.2) is 9.50 Å². The molecule has 292 valence electrons. The Morgan fingerprint density at radius 3 is 2.60 bits per heavy atom. The van der Waals surface area contributed by atoms with Gasteiger partial charge in [-0.3, -0.25) is 38.9 Å². The number of nitrogens with one attached hydrogen (secondary N) is 2. The lowest BCUT2D eigenvalue weighted by molar-refractivity contribution is -0.136. The SMILES string of the molecule is O=C1CCC(N2C(=O)c3ccc(N4CC[C@H](O[C@H]5CC[C@@H](n6cc7cc(NC(=O)c8cnn9cccnc89)c(OCC8CC8)cc7n6)CC5)C4)cc3C2=O)C(=O)N1. The van der Waals surface area contributed by atoms with Crippen LogP contribution >= 0.6 is 0 Å². The van der Waals surface area contributed by atoms with Gasteiger partial charge in [-0.05, 0) is 87.6 Å². The molecule has 0 spiro atoms. The molecule has 16 nitrogen and oxygen atoms in total. The third-order valence-corrected chi connectivity index (χ3v) is 11.9. The number of carbonyl (C=O) groups is 5. The van der Waals surface area contributed by atoms with E-state index in [-0.39, 0.29) is 48.1 Å². The number of carbonyl (C=O) groups excluding carboxylic acids is 5. The molecule has 10 rings (SSSR count). The van der Waals surface area contributed by atoms with Crippen molar-refractivity contribution in [2.24, 2.45) is 5.92 Å². The Kier molecular flexibility index (Phi) is 8.72. The van der Waals surface area contributed by atoms with E-state index in [1.54, 1.807) is 35.1 Å². The number of imide groups is 2. The van der Waals surface area contributed by atoms with Crippen molar-refractivity contribution in [3.63, 3.8) is 0 Å². The van der Waals surface area contributed by atoms with Gasteiger partial charge in [-0.2, -0.15) is 10.2 Å². The zero-order chi connectivity index (χ0) is 38.8. The molecule has 1 unspecified atom stereocenters. The van der Waals surface area contributed by atoms with Crippen LogP contribution in [0, 0.1) is 5.92 Å². The molecule has 2 saturated heterocycles. The Morgan fingerprint density at radius 1 is 0.930 bits per heavy atom. The van der Waals surface area contributed by atoms with Crippen molar-refractivity contribution in [3.8, 4) is 5.75 Å². The summed E-state index contributed by atoms with van der Waals surface area (Å²) in [5, 5.41) is 15.4. The van der Waals surface area contributed by atoms with E-state index in [9.17, 15) is 24.0 Å². The largest absolute Gasteiger partial charge is 0.491 e. The van der Waals surface area contributed by atoms with Crippen molar-refractivity contribution in [2.45, 2.75) is 82.1 Å². The van der Waals surface area contributed by atoms with Crippen molar-refractivity contribution in [1.82, 2.24) is 34.6 Å². The third kappa shape index (κ3) is 6.66. The minimum absolute atomic E-state index is 0.0311. The van der Waals surface area contributed by atoms with Crippen molar-refractivity contribution in [1.29, 1.82) is 0 Å². The average molecular weight is 772 g/mol. The highest BCUT2D eigenvalue weighted by Crippen LogP contribution is 2.38. The van der Waals surface area contributed by atoms with Crippen LogP contribution in [0.1, 0.15) is 94.9 Å². The molecule has 0 bridgehead atoms. The van der Waals surface area contributed by atoms with Gasteiger partial charge in [0.05, 0.1) is 53.4 Å². The summed E-state index contributed by atoms with van der Waals surface area (Å²) in [7, 11) is 0. The number of hydrogen-bond donors (Lipinski definition) is 2. The zero-order valence-electron chi connectivity index (χ0n) is 31.1. The second-order valence-corrected chi connectivity index (χ2v) is 15.8. The molecule has 2 aromatic carbocycles. The van der Waals surface area contributed by atoms with Crippen LogP contribution in [0.5, 0.6) is 5.75 Å². The number of piperidine rings is 1. The fraction of sp³-hybridized carbons (Fsp3) is 0.415. The molecule has 5 aliphatic rings. The quantitative estimate of drug-likeness (QED) is 0.193. The van der Waals surface area contributed by atoms with Gasteiger partial charge < -0.3 is 19.7 Å².